The molecule has 0 bridgehead atoms. The molecule has 3 atom stereocenters. The first-order valence-corrected chi connectivity index (χ1v) is 11.9. The first-order chi connectivity index (χ1) is 15.5. The van der Waals surface area contributed by atoms with Gasteiger partial charge in [-0.15, -0.1) is 0 Å². The lowest BCUT2D eigenvalue weighted by atomic mass is 9.86. The predicted octanol–water partition coefficient (Wildman–Crippen LogP) is 4.11. The SMILES string of the molecule is O=C(C1CC1c1ccccc1)N1CCC2(CCN(C(=O)C3(c4ccccc4F)CC3)C2)C1. The minimum Gasteiger partial charge on any atom is -0.342 e. The lowest BCUT2D eigenvalue weighted by molar-refractivity contribution is -0.133. The Morgan fingerprint density at radius 3 is 2.22 bits per heavy atom. The maximum Gasteiger partial charge on any atom is 0.233 e. The zero-order valence-electron chi connectivity index (χ0n) is 18.3. The topological polar surface area (TPSA) is 40.6 Å². The van der Waals surface area contributed by atoms with Gasteiger partial charge in [0.15, 0.2) is 0 Å². The third-order valence-electron chi connectivity index (χ3n) is 8.36. The van der Waals surface area contributed by atoms with Gasteiger partial charge < -0.3 is 9.80 Å². The van der Waals surface area contributed by atoms with E-state index in [4.69, 9.17) is 0 Å². The van der Waals surface area contributed by atoms with Gasteiger partial charge in [0.25, 0.3) is 0 Å². The van der Waals surface area contributed by atoms with E-state index in [1.165, 1.54) is 11.6 Å². The number of hydrogen-bond donors (Lipinski definition) is 0. The molecule has 4 fully saturated rings. The third kappa shape index (κ3) is 3.16. The molecular formula is C27H29FN2O2. The number of carbonyl (C=O) groups is 2. The van der Waals surface area contributed by atoms with Crippen molar-refractivity contribution in [3.05, 3.63) is 71.5 Å². The Kier molecular flexibility index (Phi) is 4.46. The smallest absolute Gasteiger partial charge is 0.233 e. The van der Waals surface area contributed by atoms with Crippen molar-refractivity contribution in [2.75, 3.05) is 26.2 Å². The molecule has 0 N–H and O–H groups in total. The summed E-state index contributed by atoms with van der Waals surface area (Å²) in [6.07, 6.45) is 4.29. The fraction of sp³-hybridized carbons (Fsp3) is 0.481. The summed E-state index contributed by atoms with van der Waals surface area (Å²) in [5, 5.41) is 0. The molecule has 2 aliphatic carbocycles. The molecule has 2 aromatic rings. The fourth-order valence-corrected chi connectivity index (χ4v) is 6.21. The summed E-state index contributed by atoms with van der Waals surface area (Å²) in [6, 6.07) is 17.0. The summed E-state index contributed by atoms with van der Waals surface area (Å²) in [5.74, 6) is 0.559. The van der Waals surface area contributed by atoms with E-state index in [1.54, 1.807) is 12.1 Å². The second-order valence-electron chi connectivity index (χ2n) is 10.4. The van der Waals surface area contributed by atoms with Crippen LogP contribution in [0.3, 0.4) is 0 Å². The van der Waals surface area contributed by atoms with E-state index in [9.17, 15) is 14.0 Å². The average Bonchev–Trinajstić information content (AvgIpc) is 3.72. The highest BCUT2D eigenvalue weighted by Crippen LogP contribution is 2.53. The first-order valence-electron chi connectivity index (χ1n) is 11.9. The molecule has 0 aromatic heterocycles. The molecule has 32 heavy (non-hydrogen) atoms. The summed E-state index contributed by atoms with van der Waals surface area (Å²) < 4.78 is 14.4. The molecule has 2 aliphatic heterocycles. The number of halogens is 1. The maximum atomic E-state index is 14.4. The normalized spacial score (nSPS) is 30.0. The molecule has 2 heterocycles. The summed E-state index contributed by atoms with van der Waals surface area (Å²) in [5.41, 5.74) is 1.16. The van der Waals surface area contributed by atoms with E-state index in [0.717, 1.165) is 45.2 Å². The van der Waals surface area contributed by atoms with Crippen molar-refractivity contribution in [1.29, 1.82) is 0 Å². The van der Waals surface area contributed by atoms with Crippen LogP contribution in [0.5, 0.6) is 0 Å². The van der Waals surface area contributed by atoms with E-state index < -0.39 is 5.41 Å². The van der Waals surface area contributed by atoms with Gasteiger partial charge in [-0.25, -0.2) is 4.39 Å². The zero-order chi connectivity index (χ0) is 21.9. The molecule has 2 aromatic carbocycles. The lowest BCUT2D eigenvalue weighted by Gasteiger charge is -2.27. The van der Waals surface area contributed by atoms with Gasteiger partial charge in [-0.2, -0.15) is 0 Å². The van der Waals surface area contributed by atoms with Gasteiger partial charge in [-0.3, -0.25) is 9.59 Å². The van der Waals surface area contributed by atoms with Gasteiger partial charge in [0.2, 0.25) is 11.8 Å². The van der Waals surface area contributed by atoms with Crippen molar-refractivity contribution >= 4 is 11.8 Å². The van der Waals surface area contributed by atoms with E-state index in [0.29, 0.717) is 24.6 Å². The molecule has 2 amide bonds. The van der Waals surface area contributed by atoms with Crippen LogP contribution in [-0.4, -0.2) is 47.8 Å². The second-order valence-corrected chi connectivity index (χ2v) is 10.4. The van der Waals surface area contributed by atoms with E-state index in [-0.39, 0.29) is 29.0 Å². The molecular weight excluding hydrogens is 403 g/mol. The molecule has 6 rings (SSSR count). The van der Waals surface area contributed by atoms with Gasteiger partial charge in [-0.1, -0.05) is 48.5 Å². The molecule has 4 aliphatic rings. The molecule has 2 saturated heterocycles. The summed E-state index contributed by atoms with van der Waals surface area (Å²) >= 11 is 0. The Morgan fingerprint density at radius 2 is 1.50 bits per heavy atom. The molecule has 3 unspecified atom stereocenters. The van der Waals surface area contributed by atoms with Crippen LogP contribution in [0.15, 0.2) is 54.6 Å². The summed E-state index contributed by atoms with van der Waals surface area (Å²) in [6.45, 7) is 2.95. The molecule has 1 spiro atoms. The van der Waals surface area contributed by atoms with Crippen molar-refractivity contribution < 1.29 is 14.0 Å². The van der Waals surface area contributed by atoms with Crippen molar-refractivity contribution in [2.45, 2.75) is 43.4 Å². The highest BCUT2D eigenvalue weighted by Gasteiger charge is 2.57. The predicted molar refractivity (Wildman–Crippen MR) is 119 cm³/mol. The number of nitrogens with zero attached hydrogens (tertiary/aromatic N) is 2. The second kappa shape index (κ2) is 7.16. The molecule has 0 radical (unpaired) electrons. The molecule has 166 valence electrons. The fourth-order valence-electron chi connectivity index (χ4n) is 6.21. The Hall–Kier alpha value is -2.69. The van der Waals surface area contributed by atoms with Crippen molar-refractivity contribution in [3.8, 4) is 0 Å². The van der Waals surface area contributed by atoms with Crippen LogP contribution < -0.4 is 0 Å². The molecule has 4 nitrogen and oxygen atoms in total. The summed E-state index contributed by atoms with van der Waals surface area (Å²) in [4.78, 5) is 30.6. The Labute approximate surface area is 188 Å². The van der Waals surface area contributed by atoms with Crippen molar-refractivity contribution in [2.24, 2.45) is 11.3 Å². The van der Waals surface area contributed by atoms with Crippen LogP contribution in [-0.2, 0) is 15.0 Å². The maximum absolute atomic E-state index is 14.4. The van der Waals surface area contributed by atoms with Gasteiger partial charge in [-0.05, 0) is 49.7 Å². The van der Waals surface area contributed by atoms with Gasteiger partial charge >= 0.3 is 0 Å². The number of amides is 2. The van der Waals surface area contributed by atoms with Crippen LogP contribution in [0.1, 0.15) is 49.1 Å². The van der Waals surface area contributed by atoms with Crippen LogP contribution in [0.4, 0.5) is 4.39 Å². The van der Waals surface area contributed by atoms with E-state index in [2.05, 4.69) is 12.1 Å². The number of rotatable bonds is 4. The highest BCUT2D eigenvalue weighted by molar-refractivity contribution is 5.91. The zero-order valence-corrected chi connectivity index (χ0v) is 18.3. The Morgan fingerprint density at radius 1 is 0.844 bits per heavy atom. The average molecular weight is 433 g/mol. The minimum absolute atomic E-state index is 0.00770. The number of carbonyl (C=O) groups excluding carboxylic acids is 2. The van der Waals surface area contributed by atoms with Gasteiger partial charge in [0, 0.05) is 43.1 Å². The van der Waals surface area contributed by atoms with E-state index in [1.807, 2.05) is 34.1 Å². The largest absolute Gasteiger partial charge is 0.342 e. The monoisotopic (exact) mass is 432 g/mol. The van der Waals surface area contributed by atoms with Crippen LogP contribution >= 0.6 is 0 Å². The first kappa shape index (κ1) is 20.0. The molecule has 2 saturated carbocycles. The number of hydrogen-bond acceptors (Lipinski definition) is 2. The minimum atomic E-state index is -0.665. The summed E-state index contributed by atoms with van der Waals surface area (Å²) in [7, 11) is 0. The Balaban J connectivity index is 1.11. The van der Waals surface area contributed by atoms with Crippen molar-refractivity contribution in [3.63, 3.8) is 0 Å². The van der Waals surface area contributed by atoms with Gasteiger partial charge in [0.1, 0.15) is 5.82 Å². The lowest BCUT2D eigenvalue weighted by Crippen LogP contribution is -2.40. The standard InChI is InChI=1S/C27H29FN2O2/c28-23-9-5-4-8-22(23)27(10-11-27)25(32)30-15-13-26(18-30)12-14-29(17-26)24(31)21-16-20(21)19-6-2-1-3-7-19/h1-9,20-21H,10-18H2. The quantitative estimate of drug-likeness (QED) is 0.730. The van der Waals surface area contributed by atoms with E-state index >= 15 is 0 Å². The molecule has 5 heteroatoms. The highest BCUT2D eigenvalue weighted by atomic mass is 19.1. The Bertz CT molecular complexity index is 1070. The van der Waals surface area contributed by atoms with Gasteiger partial charge in [0.05, 0.1) is 5.41 Å². The van der Waals surface area contributed by atoms with Crippen molar-refractivity contribution in [1.82, 2.24) is 9.80 Å². The van der Waals surface area contributed by atoms with Crippen LogP contribution in [0, 0.1) is 17.2 Å². The third-order valence-corrected chi connectivity index (χ3v) is 8.36. The van der Waals surface area contributed by atoms with Crippen LogP contribution in [0.25, 0.3) is 0 Å². The number of benzene rings is 2. The number of likely N-dealkylation sites (tertiary alicyclic amines) is 2. The van der Waals surface area contributed by atoms with Crippen LogP contribution in [0.2, 0.25) is 0 Å².